The third-order valence-electron chi connectivity index (χ3n) is 10.4. The Morgan fingerprint density at radius 1 is 0.179 bits per heavy atom. The Balaban J connectivity index is -0.0000000442. The van der Waals surface area contributed by atoms with Crippen molar-refractivity contribution in [1.82, 2.24) is 0 Å². The van der Waals surface area contributed by atoms with Gasteiger partial charge in [0.25, 0.3) is 0 Å². The summed E-state index contributed by atoms with van der Waals surface area (Å²) in [6.45, 7) is 27.8. The predicted molar refractivity (Wildman–Crippen MR) is 284 cm³/mol. The van der Waals surface area contributed by atoms with Crippen molar-refractivity contribution in [3.05, 3.63) is 0 Å². The second kappa shape index (κ2) is 82.8. The van der Waals surface area contributed by atoms with E-state index in [2.05, 4.69) is 83.1 Å². The number of unbranched alkanes of at least 4 members (excludes halogenated alkanes) is 16. The standard InChI is InChI=1S/C14H30.2C12H26.C10H22.8CH4/c1-4-6-8-9-11-13-14(3)12-10-7-5-2;1-4-6-7-8-9-11-12(3)10-5-2;1-4-6-8-10-12(3)11-9-7-5-2;1-4-6-7-9-10(3)8-5-2;;;;;;;;/h14H,4-13H2,1-3H3;2*12H,4-11H2,1-3H3;10H,4-9H2,1-3H3;8*1H4. The molecule has 0 aliphatic carbocycles. The molecule has 0 saturated heterocycles. The molecule has 0 heteroatoms. The highest BCUT2D eigenvalue weighted by Gasteiger charge is 2.02. The van der Waals surface area contributed by atoms with Gasteiger partial charge >= 0.3 is 0 Å². The molecule has 0 radical (unpaired) electrons. The van der Waals surface area contributed by atoms with Gasteiger partial charge in [0.1, 0.15) is 0 Å². The lowest BCUT2D eigenvalue weighted by Gasteiger charge is -2.10. The molecule has 0 aromatic heterocycles. The van der Waals surface area contributed by atoms with Crippen molar-refractivity contribution in [3.8, 4) is 0 Å². The van der Waals surface area contributed by atoms with Crippen LogP contribution in [0.5, 0.6) is 0 Å². The fraction of sp³-hybridized carbons (Fsp3) is 1.00. The molecule has 0 aliphatic rings. The van der Waals surface area contributed by atoms with E-state index in [4.69, 9.17) is 0 Å². The lowest BCUT2D eigenvalue weighted by molar-refractivity contribution is 0.437. The molecule has 3 unspecified atom stereocenters. The van der Waals surface area contributed by atoms with Gasteiger partial charge in [-0.3, -0.25) is 0 Å². The molecule has 360 valence electrons. The molecule has 0 heterocycles. The average Bonchev–Trinajstić information content (AvgIpc) is 3.06. The van der Waals surface area contributed by atoms with Crippen LogP contribution in [-0.2, 0) is 0 Å². The normalized spacial score (nSPS) is 10.9. The smallest absolute Gasteiger partial charge is 0.0443 e. The number of hydrogen-bond acceptors (Lipinski definition) is 0. The fourth-order valence-electron chi connectivity index (χ4n) is 6.73. The summed E-state index contributed by atoms with van der Waals surface area (Å²) < 4.78 is 0. The Kier molecular flexibility index (Phi) is 129. The van der Waals surface area contributed by atoms with E-state index >= 15 is 0 Å². The Morgan fingerprint density at radius 2 is 0.321 bits per heavy atom. The van der Waals surface area contributed by atoms with Crippen LogP contribution < -0.4 is 0 Å². The van der Waals surface area contributed by atoms with Crippen molar-refractivity contribution in [3.63, 3.8) is 0 Å². The summed E-state index contributed by atoms with van der Waals surface area (Å²) in [7, 11) is 0. The summed E-state index contributed by atoms with van der Waals surface area (Å²) in [5, 5.41) is 0. The minimum atomic E-state index is 0. The van der Waals surface area contributed by atoms with E-state index in [0.29, 0.717) is 0 Å². The van der Waals surface area contributed by atoms with Gasteiger partial charge in [0.2, 0.25) is 0 Å². The Morgan fingerprint density at radius 3 is 0.500 bits per heavy atom. The predicted octanol–water partition coefficient (Wildman–Crippen LogP) is 24.2. The molecule has 3 atom stereocenters. The average molecular weight is 810 g/mol. The van der Waals surface area contributed by atoms with Gasteiger partial charge in [0.15, 0.2) is 0 Å². The zero-order valence-electron chi connectivity index (χ0n) is 36.9. The molecule has 0 N–H and O–H groups in total. The summed E-state index contributed by atoms with van der Waals surface area (Å²) in [4.78, 5) is 0. The Labute approximate surface area is 370 Å². The zero-order valence-corrected chi connectivity index (χ0v) is 36.9. The summed E-state index contributed by atoms with van der Waals surface area (Å²) in [6.07, 6.45) is 45.6. The molecular formula is C56H136. The van der Waals surface area contributed by atoms with Crippen LogP contribution in [0.3, 0.4) is 0 Å². The van der Waals surface area contributed by atoms with Crippen molar-refractivity contribution in [1.29, 1.82) is 0 Å². The van der Waals surface area contributed by atoms with Crippen molar-refractivity contribution in [2.24, 2.45) is 23.7 Å². The van der Waals surface area contributed by atoms with Gasteiger partial charge in [-0.1, -0.05) is 348 Å². The van der Waals surface area contributed by atoms with E-state index in [1.54, 1.807) is 0 Å². The summed E-state index contributed by atoms with van der Waals surface area (Å²) in [5.74, 6) is 3.89. The van der Waals surface area contributed by atoms with Crippen LogP contribution in [-0.4, -0.2) is 0 Å². The molecule has 0 aromatic carbocycles. The molecular weight excluding hydrogens is 673 g/mol. The van der Waals surface area contributed by atoms with Crippen LogP contribution >= 0.6 is 0 Å². The highest BCUT2D eigenvalue weighted by molar-refractivity contribution is 4.56. The lowest BCUT2D eigenvalue weighted by atomic mass is 9.96. The van der Waals surface area contributed by atoms with Gasteiger partial charge in [0.05, 0.1) is 0 Å². The van der Waals surface area contributed by atoms with Crippen molar-refractivity contribution in [2.75, 3.05) is 0 Å². The van der Waals surface area contributed by atoms with Gasteiger partial charge in [-0.15, -0.1) is 0 Å². The first-order valence-corrected chi connectivity index (χ1v) is 23.2. The number of rotatable bonds is 32. The summed E-state index contributed by atoms with van der Waals surface area (Å²) in [5.41, 5.74) is 0. The zero-order chi connectivity index (χ0) is 36.9. The van der Waals surface area contributed by atoms with E-state index in [1.165, 1.54) is 205 Å². The highest BCUT2D eigenvalue weighted by atomic mass is 14.1. The van der Waals surface area contributed by atoms with Crippen molar-refractivity contribution >= 4 is 0 Å². The molecule has 0 nitrogen and oxygen atoms in total. The molecule has 0 saturated carbocycles. The summed E-state index contributed by atoms with van der Waals surface area (Å²) >= 11 is 0. The first-order chi connectivity index (χ1) is 23.2. The van der Waals surface area contributed by atoms with Crippen LogP contribution in [0.1, 0.15) is 348 Å². The van der Waals surface area contributed by atoms with E-state index in [0.717, 1.165) is 23.7 Å². The minimum absolute atomic E-state index is 0. The van der Waals surface area contributed by atoms with Crippen molar-refractivity contribution in [2.45, 2.75) is 348 Å². The van der Waals surface area contributed by atoms with Gasteiger partial charge < -0.3 is 0 Å². The second-order valence-electron chi connectivity index (χ2n) is 16.4. The molecule has 0 rings (SSSR count). The van der Waals surface area contributed by atoms with E-state index in [9.17, 15) is 0 Å². The van der Waals surface area contributed by atoms with Crippen molar-refractivity contribution < 1.29 is 0 Å². The lowest BCUT2D eigenvalue weighted by Crippen LogP contribution is -1.94. The van der Waals surface area contributed by atoms with Gasteiger partial charge in [0, 0.05) is 0 Å². The maximum atomic E-state index is 2.43. The maximum Gasteiger partial charge on any atom is -0.0443 e. The molecule has 56 heavy (non-hydrogen) atoms. The Bertz CT molecular complexity index is 470. The van der Waals surface area contributed by atoms with Gasteiger partial charge in [-0.2, -0.15) is 0 Å². The molecule has 0 fully saturated rings. The van der Waals surface area contributed by atoms with Crippen LogP contribution in [0.4, 0.5) is 0 Å². The topological polar surface area (TPSA) is 0 Å². The van der Waals surface area contributed by atoms with Crippen LogP contribution in [0.15, 0.2) is 0 Å². The molecule has 0 bridgehead atoms. The van der Waals surface area contributed by atoms with E-state index < -0.39 is 0 Å². The monoisotopic (exact) mass is 809 g/mol. The van der Waals surface area contributed by atoms with Gasteiger partial charge in [-0.05, 0) is 23.7 Å². The number of hydrogen-bond donors (Lipinski definition) is 0. The molecule has 0 aromatic rings. The second-order valence-corrected chi connectivity index (χ2v) is 16.4. The summed E-state index contributed by atoms with van der Waals surface area (Å²) in [6, 6.07) is 0. The first-order valence-electron chi connectivity index (χ1n) is 23.2. The van der Waals surface area contributed by atoms with E-state index in [-0.39, 0.29) is 59.4 Å². The Hall–Kier alpha value is 0. The third kappa shape index (κ3) is 94.8. The van der Waals surface area contributed by atoms with Gasteiger partial charge in [-0.25, -0.2) is 0 Å². The quantitative estimate of drug-likeness (QED) is 0.0594. The molecule has 0 aliphatic heterocycles. The minimum Gasteiger partial charge on any atom is -0.0776 e. The molecule has 0 amide bonds. The third-order valence-corrected chi connectivity index (χ3v) is 10.4. The molecule has 0 spiro atoms. The van der Waals surface area contributed by atoms with Crippen LogP contribution in [0.2, 0.25) is 0 Å². The largest absolute Gasteiger partial charge is 0.0776 e. The van der Waals surface area contributed by atoms with Crippen LogP contribution in [0, 0.1) is 23.7 Å². The van der Waals surface area contributed by atoms with Crippen LogP contribution in [0.25, 0.3) is 0 Å². The SMILES string of the molecule is C.C.C.C.C.C.C.C.CCCCCC(C)CCC.CCCCCC(C)CCCCC.CCCCCCCC(C)CCC.CCCCCCCC(C)CCCCC. The maximum absolute atomic E-state index is 2.43. The fourth-order valence-corrected chi connectivity index (χ4v) is 6.73. The van der Waals surface area contributed by atoms with E-state index in [1.807, 2.05) is 0 Å². The highest BCUT2D eigenvalue weighted by Crippen LogP contribution is 2.18. The first kappa shape index (κ1) is 87.5.